The van der Waals surface area contributed by atoms with E-state index in [1.165, 1.54) is 0 Å². The first-order valence-corrected chi connectivity index (χ1v) is 9.02. The van der Waals surface area contributed by atoms with Crippen LogP contribution in [0.5, 0.6) is 0 Å². The van der Waals surface area contributed by atoms with E-state index in [0.717, 1.165) is 42.9 Å². The third kappa shape index (κ3) is 3.25. The normalized spacial score (nSPS) is 17.3. The van der Waals surface area contributed by atoms with Gasteiger partial charge in [-0.05, 0) is 31.9 Å². The molecule has 5 heteroatoms. The molecule has 1 aliphatic rings. The van der Waals surface area contributed by atoms with E-state index in [4.69, 9.17) is 0 Å². The van der Waals surface area contributed by atoms with Crippen molar-refractivity contribution in [1.29, 1.82) is 0 Å². The average Bonchev–Trinajstić information content (AvgIpc) is 3.23. The number of nitrogens with zero attached hydrogens (tertiary/aromatic N) is 4. The smallest absolute Gasteiger partial charge is 0.255 e. The highest BCUT2D eigenvalue weighted by molar-refractivity contribution is 5.95. The number of piperidine rings is 1. The molecule has 2 aromatic heterocycles. The number of hydrogen-bond donors (Lipinski definition) is 0. The summed E-state index contributed by atoms with van der Waals surface area (Å²) < 4.78 is 2.10. The van der Waals surface area contributed by atoms with Crippen molar-refractivity contribution >= 4 is 5.91 Å². The Kier molecular flexibility index (Phi) is 4.52. The maximum absolute atomic E-state index is 13.0. The lowest BCUT2D eigenvalue weighted by atomic mass is 10.0. The number of aromatic nitrogens is 3. The van der Waals surface area contributed by atoms with Gasteiger partial charge in [0.05, 0.1) is 29.3 Å². The van der Waals surface area contributed by atoms with Crippen molar-refractivity contribution in [1.82, 2.24) is 19.4 Å². The summed E-state index contributed by atoms with van der Waals surface area (Å²) in [5.74, 6) is 0.0689. The van der Waals surface area contributed by atoms with Crippen molar-refractivity contribution in [2.75, 3.05) is 13.1 Å². The predicted molar refractivity (Wildman–Crippen MR) is 101 cm³/mol. The van der Waals surface area contributed by atoms with Gasteiger partial charge in [-0.3, -0.25) is 9.78 Å². The van der Waals surface area contributed by atoms with Gasteiger partial charge >= 0.3 is 0 Å². The van der Waals surface area contributed by atoms with Gasteiger partial charge in [-0.2, -0.15) is 0 Å². The molecule has 0 aliphatic carbocycles. The quantitative estimate of drug-likeness (QED) is 0.726. The molecule has 0 spiro atoms. The average molecular weight is 346 g/mol. The fraction of sp³-hybridized carbons (Fsp3) is 0.286. The molecule has 1 fully saturated rings. The van der Waals surface area contributed by atoms with Gasteiger partial charge in [0.15, 0.2) is 0 Å². The van der Waals surface area contributed by atoms with Gasteiger partial charge in [-0.15, -0.1) is 0 Å². The van der Waals surface area contributed by atoms with Crippen molar-refractivity contribution < 1.29 is 4.79 Å². The third-order valence-electron chi connectivity index (χ3n) is 5.02. The van der Waals surface area contributed by atoms with Gasteiger partial charge < -0.3 is 9.47 Å². The minimum atomic E-state index is 0.0689. The fourth-order valence-corrected chi connectivity index (χ4v) is 3.60. The SMILES string of the molecule is Cc1nc(-c2ccccc2)ccc1C(=O)N1CCC[C@H](n2ccnc2)C1. The topological polar surface area (TPSA) is 51.0 Å². The van der Waals surface area contributed by atoms with E-state index in [1.807, 2.05) is 66.8 Å². The van der Waals surface area contributed by atoms with Crippen LogP contribution in [0.3, 0.4) is 0 Å². The molecule has 5 nitrogen and oxygen atoms in total. The Morgan fingerprint density at radius 1 is 1.15 bits per heavy atom. The molecule has 26 heavy (non-hydrogen) atoms. The van der Waals surface area contributed by atoms with E-state index in [1.54, 1.807) is 6.20 Å². The summed E-state index contributed by atoms with van der Waals surface area (Å²) in [6.45, 7) is 3.43. The number of carbonyl (C=O) groups excluding carboxylic acids is 1. The maximum atomic E-state index is 13.0. The van der Waals surface area contributed by atoms with Gasteiger partial charge in [-0.25, -0.2) is 4.98 Å². The summed E-state index contributed by atoms with van der Waals surface area (Å²) in [6.07, 6.45) is 7.67. The van der Waals surface area contributed by atoms with E-state index < -0.39 is 0 Å². The number of hydrogen-bond acceptors (Lipinski definition) is 3. The standard InChI is InChI=1S/C21H22N4O/c1-16-19(9-10-20(23-16)17-6-3-2-4-7-17)21(26)24-12-5-8-18(14-24)25-13-11-22-15-25/h2-4,6-7,9-11,13,15,18H,5,8,12,14H2,1H3/t18-/m0/s1. The third-order valence-corrected chi connectivity index (χ3v) is 5.02. The van der Waals surface area contributed by atoms with Crippen molar-refractivity contribution in [2.45, 2.75) is 25.8 Å². The fourth-order valence-electron chi connectivity index (χ4n) is 3.60. The first-order chi connectivity index (χ1) is 12.7. The number of benzene rings is 1. The number of imidazole rings is 1. The van der Waals surface area contributed by atoms with Crippen LogP contribution >= 0.6 is 0 Å². The van der Waals surface area contributed by atoms with Crippen LogP contribution in [0.15, 0.2) is 61.2 Å². The second-order valence-corrected chi connectivity index (χ2v) is 6.75. The number of likely N-dealkylation sites (tertiary alicyclic amines) is 1. The summed E-state index contributed by atoms with van der Waals surface area (Å²) in [6, 6.07) is 14.2. The van der Waals surface area contributed by atoms with E-state index in [2.05, 4.69) is 14.5 Å². The molecule has 4 rings (SSSR count). The highest BCUT2D eigenvalue weighted by atomic mass is 16.2. The van der Waals surface area contributed by atoms with Crippen LogP contribution in [0.1, 0.15) is 34.9 Å². The van der Waals surface area contributed by atoms with Gasteiger partial charge in [0, 0.05) is 31.0 Å². The second kappa shape index (κ2) is 7.12. The van der Waals surface area contributed by atoms with E-state index >= 15 is 0 Å². The first-order valence-electron chi connectivity index (χ1n) is 9.02. The largest absolute Gasteiger partial charge is 0.337 e. The van der Waals surface area contributed by atoms with Crippen LogP contribution in [0.2, 0.25) is 0 Å². The van der Waals surface area contributed by atoms with E-state index in [0.29, 0.717) is 11.6 Å². The molecule has 1 atom stereocenters. The van der Waals surface area contributed by atoms with Crippen LogP contribution in [0.25, 0.3) is 11.3 Å². The van der Waals surface area contributed by atoms with Crippen LogP contribution in [0, 0.1) is 6.92 Å². The molecule has 0 N–H and O–H groups in total. The summed E-state index contributed by atoms with van der Waals surface area (Å²) in [5.41, 5.74) is 3.43. The zero-order chi connectivity index (χ0) is 17.9. The Labute approximate surface area is 153 Å². The molecule has 1 aliphatic heterocycles. The molecule has 0 radical (unpaired) electrons. The number of aryl methyl sites for hydroxylation is 1. The van der Waals surface area contributed by atoms with Crippen molar-refractivity contribution in [2.24, 2.45) is 0 Å². The Hall–Kier alpha value is -2.95. The van der Waals surface area contributed by atoms with Gasteiger partial charge in [0.1, 0.15) is 0 Å². The van der Waals surface area contributed by atoms with Crippen molar-refractivity contribution in [3.63, 3.8) is 0 Å². The minimum absolute atomic E-state index is 0.0689. The summed E-state index contributed by atoms with van der Waals surface area (Å²) in [4.78, 5) is 23.8. The van der Waals surface area contributed by atoms with Crippen molar-refractivity contribution in [3.8, 4) is 11.3 Å². The summed E-state index contributed by atoms with van der Waals surface area (Å²) in [7, 11) is 0. The molecule has 1 amide bonds. The molecule has 0 bridgehead atoms. The Morgan fingerprint density at radius 2 is 2.00 bits per heavy atom. The minimum Gasteiger partial charge on any atom is -0.337 e. The number of rotatable bonds is 3. The van der Waals surface area contributed by atoms with Gasteiger partial charge in [0.2, 0.25) is 0 Å². The van der Waals surface area contributed by atoms with Crippen LogP contribution in [-0.2, 0) is 0 Å². The molecular weight excluding hydrogens is 324 g/mol. The lowest BCUT2D eigenvalue weighted by Crippen LogP contribution is -2.40. The molecule has 132 valence electrons. The van der Waals surface area contributed by atoms with Gasteiger partial charge in [0.25, 0.3) is 5.91 Å². The molecule has 3 aromatic rings. The summed E-state index contributed by atoms with van der Waals surface area (Å²) in [5, 5.41) is 0. The van der Waals surface area contributed by atoms with Crippen LogP contribution < -0.4 is 0 Å². The maximum Gasteiger partial charge on any atom is 0.255 e. The van der Waals surface area contributed by atoms with E-state index in [-0.39, 0.29) is 5.91 Å². The van der Waals surface area contributed by atoms with E-state index in [9.17, 15) is 4.79 Å². The molecule has 0 unspecified atom stereocenters. The van der Waals surface area contributed by atoms with Crippen LogP contribution in [0.4, 0.5) is 0 Å². The zero-order valence-corrected chi connectivity index (χ0v) is 14.9. The molecular formula is C21H22N4O. The molecule has 1 saturated heterocycles. The zero-order valence-electron chi connectivity index (χ0n) is 14.9. The lowest BCUT2D eigenvalue weighted by molar-refractivity contribution is 0.0678. The number of amides is 1. The Morgan fingerprint density at radius 3 is 2.73 bits per heavy atom. The lowest BCUT2D eigenvalue weighted by Gasteiger charge is -2.33. The van der Waals surface area contributed by atoms with Gasteiger partial charge in [-0.1, -0.05) is 30.3 Å². The second-order valence-electron chi connectivity index (χ2n) is 6.75. The highest BCUT2D eigenvalue weighted by Crippen LogP contribution is 2.24. The highest BCUT2D eigenvalue weighted by Gasteiger charge is 2.26. The first kappa shape index (κ1) is 16.5. The molecule has 3 heterocycles. The molecule has 1 aromatic carbocycles. The van der Waals surface area contributed by atoms with Crippen LogP contribution in [-0.4, -0.2) is 38.4 Å². The molecule has 0 saturated carbocycles. The van der Waals surface area contributed by atoms with Crippen molar-refractivity contribution in [3.05, 3.63) is 72.4 Å². The monoisotopic (exact) mass is 346 g/mol. The number of pyridine rings is 1. The Balaban J connectivity index is 1.54. The Bertz CT molecular complexity index is 890. The summed E-state index contributed by atoms with van der Waals surface area (Å²) >= 11 is 0. The predicted octanol–water partition coefficient (Wildman–Crippen LogP) is 3.73. The number of carbonyl (C=O) groups is 1.